The van der Waals surface area contributed by atoms with Crippen molar-refractivity contribution in [3.8, 4) is 0 Å². The van der Waals surface area contributed by atoms with Gasteiger partial charge >= 0.3 is 0 Å². The van der Waals surface area contributed by atoms with Gasteiger partial charge in [0.15, 0.2) is 0 Å². The van der Waals surface area contributed by atoms with Crippen molar-refractivity contribution in [2.24, 2.45) is 5.73 Å². The summed E-state index contributed by atoms with van der Waals surface area (Å²) >= 11 is 3.49. The zero-order valence-electron chi connectivity index (χ0n) is 10.4. The molecule has 100 valence electrons. The highest BCUT2D eigenvalue weighted by Crippen LogP contribution is 2.30. The van der Waals surface area contributed by atoms with Crippen LogP contribution in [0.25, 0.3) is 0 Å². The van der Waals surface area contributed by atoms with Crippen molar-refractivity contribution in [2.45, 2.75) is 6.42 Å². The molecule has 0 fully saturated rings. The Morgan fingerprint density at radius 2 is 1.95 bits per heavy atom. The molecule has 3 nitrogen and oxygen atoms in total. The van der Waals surface area contributed by atoms with E-state index in [0.717, 1.165) is 28.9 Å². The second-order valence-electron chi connectivity index (χ2n) is 4.08. The van der Waals surface area contributed by atoms with Crippen LogP contribution in [0.3, 0.4) is 0 Å². The van der Waals surface area contributed by atoms with Crippen molar-refractivity contribution >= 4 is 27.4 Å². The summed E-state index contributed by atoms with van der Waals surface area (Å²) < 4.78 is 13.9. The molecule has 0 saturated carbocycles. The second-order valence-corrected chi connectivity index (χ2v) is 4.93. The summed E-state index contributed by atoms with van der Waals surface area (Å²) in [5.74, 6) is 0.560. The SMILES string of the molecule is NCCCN(c1ccc(F)cc1)c1ncccc1Br. The maximum Gasteiger partial charge on any atom is 0.147 e. The fourth-order valence-electron chi connectivity index (χ4n) is 1.80. The molecule has 1 aromatic carbocycles. The number of nitrogens with zero attached hydrogens (tertiary/aromatic N) is 2. The highest BCUT2D eigenvalue weighted by molar-refractivity contribution is 9.10. The maximum atomic E-state index is 13.0. The van der Waals surface area contributed by atoms with Gasteiger partial charge in [0, 0.05) is 18.4 Å². The molecule has 0 aliphatic heterocycles. The van der Waals surface area contributed by atoms with E-state index >= 15 is 0 Å². The standard InChI is InChI=1S/C14H15BrFN3/c15-13-3-1-9-18-14(13)19(10-2-8-17)12-6-4-11(16)5-7-12/h1,3-7,9H,2,8,10,17H2. The van der Waals surface area contributed by atoms with E-state index < -0.39 is 0 Å². The summed E-state index contributed by atoms with van der Waals surface area (Å²) in [5, 5.41) is 0. The second kappa shape index (κ2) is 6.63. The predicted octanol–water partition coefficient (Wildman–Crippen LogP) is 3.47. The number of rotatable bonds is 5. The Morgan fingerprint density at radius 1 is 1.21 bits per heavy atom. The minimum absolute atomic E-state index is 0.248. The van der Waals surface area contributed by atoms with E-state index in [-0.39, 0.29) is 5.82 Å². The smallest absolute Gasteiger partial charge is 0.147 e. The summed E-state index contributed by atoms with van der Waals surface area (Å²) in [7, 11) is 0. The minimum Gasteiger partial charge on any atom is -0.330 e. The van der Waals surface area contributed by atoms with E-state index in [1.165, 1.54) is 12.1 Å². The zero-order chi connectivity index (χ0) is 13.7. The van der Waals surface area contributed by atoms with E-state index in [0.29, 0.717) is 6.54 Å². The lowest BCUT2D eigenvalue weighted by molar-refractivity contribution is 0.627. The van der Waals surface area contributed by atoms with Crippen LogP contribution in [0.1, 0.15) is 6.42 Å². The molecule has 19 heavy (non-hydrogen) atoms. The average Bonchev–Trinajstić information content (AvgIpc) is 2.43. The molecule has 1 heterocycles. The molecular formula is C14H15BrFN3. The van der Waals surface area contributed by atoms with E-state index in [1.54, 1.807) is 18.3 Å². The van der Waals surface area contributed by atoms with Gasteiger partial charge in [-0.05, 0) is 65.3 Å². The first-order chi connectivity index (χ1) is 9.22. The van der Waals surface area contributed by atoms with Crippen LogP contribution in [0, 0.1) is 5.82 Å². The van der Waals surface area contributed by atoms with Gasteiger partial charge in [-0.3, -0.25) is 0 Å². The number of hydrogen-bond donors (Lipinski definition) is 1. The van der Waals surface area contributed by atoms with Gasteiger partial charge in [-0.15, -0.1) is 0 Å². The lowest BCUT2D eigenvalue weighted by atomic mass is 10.2. The van der Waals surface area contributed by atoms with Crippen LogP contribution in [-0.2, 0) is 0 Å². The van der Waals surface area contributed by atoms with Crippen LogP contribution < -0.4 is 10.6 Å². The fraction of sp³-hybridized carbons (Fsp3) is 0.214. The minimum atomic E-state index is -0.248. The van der Waals surface area contributed by atoms with Crippen molar-refractivity contribution in [1.29, 1.82) is 0 Å². The lowest BCUT2D eigenvalue weighted by Crippen LogP contribution is -2.22. The Balaban J connectivity index is 2.35. The van der Waals surface area contributed by atoms with Crippen LogP contribution in [0.5, 0.6) is 0 Å². The van der Waals surface area contributed by atoms with Crippen molar-refractivity contribution < 1.29 is 4.39 Å². The molecule has 2 aromatic rings. The molecule has 0 atom stereocenters. The molecule has 0 unspecified atom stereocenters. The largest absolute Gasteiger partial charge is 0.330 e. The van der Waals surface area contributed by atoms with Crippen molar-refractivity contribution in [1.82, 2.24) is 4.98 Å². The first-order valence-corrected chi connectivity index (χ1v) is 6.85. The molecule has 0 saturated heterocycles. The third-order valence-electron chi connectivity index (χ3n) is 2.72. The van der Waals surface area contributed by atoms with Crippen molar-refractivity contribution in [3.05, 3.63) is 52.9 Å². The van der Waals surface area contributed by atoms with Gasteiger partial charge in [0.05, 0.1) is 4.47 Å². The molecule has 5 heteroatoms. The molecule has 0 aliphatic rings. The van der Waals surface area contributed by atoms with Crippen LogP contribution in [0.4, 0.5) is 15.9 Å². The van der Waals surface area contributed by atoms with Crippen LogP contribution in [0.15, 0.2) is 47.1 Å². The van der Waals surface area contributed by atoms with Gasteiger partial charge in [-0.25, -0.2) is 9.37 Å². The molecule has 2 rings (SSSR count). The molecule has 0 radical (unpaired) electrons. The molecular weight excluding hydrogens is 309 g/mol. The van der Waals surface area contributed by atoms with Gasteiger partial charge < -0.3 is 10.6 Å². The fourth-order valence-corrected chi connectivity index (χ4v) is 2.27. The van der Waals surface area contributed by atoms with E-state index in [4.69, 9.17) is 5.73 Å². The van der Waals surface area contributed by atoms with Crippen LogP contribution in [0.2, 0.25) is 0 Å². The highest BCUT2D eigenvalue weighted by atomic mass is 79.9. The zero-order valence-corrected chi connectivity index (χ0v) is 12.0. The van der Waals surface area contributed by atoms with Gasteiger partial charge in [0.2, 0.25) is 0 Å². The lowest BCUT2D eigenvalue weighted by Gasteiger charge is -2.24. The average molecular weight is 324 g/mol. The Bertz CT molecular complexity index is 530. The molecule has 0 amide bonds. The Kier molecular flexibility index (Phi) is 4.87. The van der Waals surface area contributed by atoms with Crippen LogP contribution in [-0.4, -0.2) is 18.1 Å². The molecule has 0 spiro atoms. The van der Waals surface area contributed by atoms with Gasteiger partial charge in [-0.2, -0.15) is 0 Å². The van der Waals surface area contributed by atoms with E-state index in [2.05, 4.69) is 20.9 Å². The highest BCUT2D eigenvalue weighted by Gasteiger charge is 2.13. The number of halogens is 2. The predicted molar refractivity (Wildman–Crippen MR) is 79.0 cm³/mol. The Hall–Kier alpha value is -1.46. The van der Waals surface area contributed by atoms with Gasteiger partial charge in [-0.1, -0.05) is 0 Å². The van der Waals surface area contributed by atoms with E-state index in [9.17, 15) is 4.39 Å². The van der Waals surface area contributed by atoms with Gasteiger partial charge in [0.1, 0.15) is 11.6 Å². The first-order valence-electron chi connectivity index (χ1n) is 6.06. The molecule has 0 bridgehead atoms. The molecule has 1 aromatic heterocycles. The number of pyridine rings is 1. The van der Waals surface area contributed by atoms with Crippen molar-refractivity contribution in [3.63, 3.8) is 0 Å². The number of aromatic nitrogens is 1. The Labute approximate surface area is 120 Å². The van der Waals surface area contributed by atoms with E-state index in [1.807, 2.05) is 17.0 Å². The third kappa shape index (κ3) is 3.52. The number of hydrogen-bond acceptors (Lipinski definition) is 3. The maximum absolute atomic E-state index is 13.0. The van der Waals surface area contributed by atoms with Gasteiger partial charge in [0.25, 0.3) is 0 Å². The topological polar surface area (TPSA) is 42.1 Å². The third-order valence-corrected chi connectivity index (χ3v) is 3.34. The summed E-state index contributed by atoms with van der Waals surface area (Å²) in [5.41, 5.74) is 6.47. The monoisotopic (exact) mass is 323 g/mol. The summed E-state index contributed by atoms with van der Waals surface area (Å²) in [4.78, 5) is 6.40. The molecule has 2 N–H and O–H groups in total. The number of benzene rings is 1. The Morgan fingerprint density at radius 3 is 2.58 bits per heavy atom. The van der Waals surface area contributed by atoms with Crippen LogP contribution >= 0.6 is 15.9 Å². The summed E-state index contributed by atoms with van der Waals surface area (Å²) in [6.07, 6.45) is 2.57. The normalized spacial score (nSPS) is 10.5. The first kappa shape index (κ1) is 14.0. The molecule has 0 aliphatic carbocycles. The summed E-state index contributed by atoms with van der Waals surface area (Å²) in [6, 6.07) is 10.2. The number of nitrogens with two attached hydrogens (primary N) is 1. The summed E-state index contributed by atoms with van der Waals surface area (Å²) in [6.45, 7) is 1.33. The van der Waals surface area contributed by atoms with Crippen molar-refractivity contribution in [2.75, 3.05) is 18.0 Å². The number of anilines is 2. The quantitative estimate of drug-likeness (QED) is 0.916.